The predicted octanol–water partition coefficient (Wildman–Crippen LogP) is 13.7. The van der Waals surface area contributed by atoms with Crippen molar-refractivity contribution in [1.29, 1.82) is 0 Å². The average molecular weight is 655 g/mol. The van der Waals surface area contributed by atoms with E-state index in [1.54, 1.807) is 0 Å². The Kier molecular flexibility index (Phi) is 6.71. The van der Waals surface area contributed by atoms with Crippen molar-refractivity contribution in [1.82, 2.24) is 4.98 Å². The van der Waals surface area contributed by atoms with Gasteiger partial charge in [-0.25, -0.2) is 0 Å². The maximum Gasteiger partial charge on any atom is 0.0538 e. The summed E-state index contributed by atoms with van der Waals surface area (Å²) in [6.45, 7) is 0. The van der Waals surface area contributed by atoms with E-state index in [-0.39, 0.29) is 0 Å². The molecule has 234 valence electrons. The number of fused-ring (bicyclic) bond motifs is 8. The van der Waals surface area contributed by atoms with Gasteiger partial charge in [0.05, 0.1) is 4.70 Å². The monoisotopic (exact) mass is 654 g/mol. The Morgan fingerprint density at radius 1 is 0.400 bits per heavy atom. The van der Waals surface area contributed by atoms with Gasteiger partial charge in [0.1, 0.15) is 0 Å². The summed E-state index contributed by atoms with van der Waals surface area (Å²) >= 11 is 1.82. The van der Waals surface area contributed by atoms with Crippen LogP contribution in [-0.2, 0) is 0 Å². The normalized spacial score (nSPS) is 11.6. The molecule has 0 aliphatic heterocycles. The Morgan fingerprint density at radius 3 is 1.82 bits per heavy atom. The molecule has 0 fully saturated rings. The van der Waals surface area contributed by atoms with E-state index in [9.17, 15) is 0 Å². The van der Waals surface area contributed by atoms with Crippen molar-refractivity contribution < 1.29 is 0 Å². The van der Waals surface area contributed by atoms with Crippen molar-refractivity contribution in [2.45, 2.75) is 0 Å². The van der Waals surface area contributed by atoms with Gasteiger partial charge < -0.3 is 4.90 Å². The fourth-order valence-corrected chi connectivity index (χ4v) is 8.71. The van der Waals surface area contributed by atoms with E-state index < -0.39 is 0 Å². The summed E-state index contributed by atoms with van der Waals surface area (Å²) in [5.41, 5.74) is 8.22. The second-order valence-corrected chi connectivity index (χ2v) is 13.9. The van der Waals surface area contributed by atoms with Crippen LogP contribution < -0.4 is 4.90 Å². The van der Waals surface area contributed by atoms with Crippen LogP contribution in [-0.4, -0.2) is 4.98 Å². The van der Waals surface area contributed by atoms with Crippen LogP contribution in [0.15, 0.2) is 182 Å². The quantitative estimate of drug-likeness (QED) is 0.172. The first-order valence-corrected chi connectivity index (χ1v) is 17.8. The molecule has 10 aromatic rings. The van der Waals surface area contributed by atoms with Gasteiger partial charge in [-0.15, -0.1) is 11.3 Å². The zero-order chi connectivity index (χ0) is 33.0. The molecule has 0 atom stereocenters. The van der Waals surface area contributed by atoms with Crippen molar-refractivity contribution in [3.05, 3.63) is 182 Å². The molecular formula is C47H30N2S. The number of aromatic nitrogens is 1. The van der Waals surface area contributed by atoms with Crippen LogP contribution in [0, 0.1) is 0 Å². The van der Waals surface area contributed by atoms with E-state index in [0.717, 1.165) is 17.1 Å². The molecule has 10 rings (SSSR count). The highest BCUT2D eigenvalue weighted by atomic mass is 32.1. The van der Waals surface area contributed by atoms with Gasteiger partial charge in [0.25, 0.3) is 0 Å². The van der Waals surface area contributed by atoms with Gasteiger partial charge in [0, 0.05) is 44.9 Å². The van der Waals surface area contributed by atoms with Crippen LogP contribution in [0.2, 0.25) is 0 Å². The Balaban J connectivity index is 1.10. The van der Waals surface area contributed by atoms with E-state index in [1.807, 2.05) is 23.7 Å². The molecule has 2 nitrogen and oxygen atoms in total. The highest BCUT2D eigenvalue weighted by molar-refractivity contribution is 7.26. The number of benzene rings is 8. The van der Waals surface area contributed by atoms with Crippen molar-refractivity contribution in [3.63, 3.8) is 0 Å². The lowest BCUT2D eigenvalue weighted by atomic mass is 9.96. The summed E-state index contributed by atoms with van der Waals surface area (Å²) in [5.74, 6) is 0. The van der Waals surface area contributed by atoms with Crippen LogP contribution in [0.1, 0.15) is 0 Å². The highest BCUT2D eigenvalue weighted by Gasteiger charge is 2.16. The topological polar surface area (TPSA) is 16.1 Å². The Labute approximate surface area is 294 Å². The van der Waals surface area contributed by atoms with Crippen molar-refractivity contribution in [3.8, 4) is 22.3 Å². The van der Waals surface area contributed by atoms with Crippen LogP contribution in [0.5, 0.6) is 0 Å². The Morgan fingerprint density at radius 2 is 1.02 bits per heavy atom. The fourth-order valence-electron chi connectivity index (χ4n) is 7.51. The van der Waals surface area contributed by atoms with Gasteiger partial charge in [-0.05, 0) is 97.0 Å². The molecule has 0 saturated carbocycles. The van der Waals surface area contributed by atoms with Gasteiger partial charge in [-0.2, -0.15) is 0 Å². The first-order chi connectivity index (χ1) is 24.8. The molecule has 2 aromatic heterocycles. The molecule has 0 unspecified atom stereocenters. The number of anilines is 3. The standard InChI is InChI=1S/C47H30N2S/c1-2-7-31(8-3-1)32-13-19-36(20-14-32)49(38-23-26-40-35(29-38)18-25-42-39-10-5-4-9-33(39)17-24-43(40)42)37-21-15-34(16-22-37)41-11-6-12-45-44-27-28-48-30-46(44)50-47(41)45/h1-30H. The summed E-state index contributed by atoms with van der Waals surface area (Å²) in [4.78, 5) is 6.74. The second kappa shape index (κ2) is 11.7. The van der Waals surface area contributed by atoms with E-state index in [4.69, 9.17) is 0 Å². The summed E-state index contributed by atoms with van der Waals surface area (Å²) in [5, 5.41) is 10.2. The Hall–Kier alpha value is -6.29. The van der Waals surface area contributed by atoms with Crippen molar-refractivity contribution in [2.75, 3.05) is 4.90 Å². The van der Waals surface area contributed by atoms with Crippen LogP contribution in [0.4, 0.5) is 17.1 Å². The zero-order valence-corrected chi connectivity index (χ0v) is 27.9. The first kappa shape index (κ1) is 28.7. The van der Waals surface area contributed by atoms with Crippen LogP contribution in [0.3, 0.4) is 0 Å². The third-order valence-electron chi connectivity index (χ3n) is 9.95. The van der Waals surface area contributed by atoms with Crippen LogP contribution >= 0.6 is 11.3 Å². The molecule has 50 heavy (non-hydrogen) atoms. The minimum Gasteiger partial charge on any atom is -0.310 e. The lowest BCUT2D eigenvalue weighted by Gasteiger charge is -2.26. The Bertz CT molecular complexity index is 2850. The lowest BCUT2D eigenvalue weighted by Crippen LogP contribution is -2.09. The van der Waals surface area contributed by atoms with Gasteiger partial charge in [0.15, 0.2) is 0 Å². The molecule has 0 bridgehead atoms. The van der Waals surface area contributed by atoms with E-state index in [2.05, 4.69) is 180 Å². The minimum atomic E-state index is 1.11. The molecule has 0 aliphatic rings. The molecule has 2 heterocycles. The van der Waals surface area contributed by atoms with E-state index in [0.29, 0.717) is 0 Å². The van der Waals surface area contributed by atoms with Crippen LogP contribution in [0.25, 0.3) is 74.7 Å². The number of hydrogen-bond donors (Lipinski definition) is 0. The minimum absolute atomic E-state index is 1.11. The molecule has 0 N–H and O–H groups in total. The maximum atomic E-state index is 4.37. The first-order valence-electron chi connectivity index (χ1n) is 16.9. The van der Waals surface area contributed by atoms with Crippen molar-refractivity contribution in [2.24, 2.45) is 0 Å². The molecule has 0 amide bonds. The third-order valence-corrected chi connectivity index (χ3v) is 11.1. The zero-order valence-electron chi connectivity index (χ0n) is 27.1. The van der Waals surface area contributed by atoms with E-state index in [1.165, 1.54) is 74.7 Å². The smallest absolute Gasteiger partial charge is 0.0538 e. The second-order valence-electron chi connectivity index (χ2n) is 12.8. The molecule has 0 radical (unpaired) electrons. The molecule has 0 saturated heterocycles. The highest BCUT2D eigenvalue weighted by Crippen LogP contribution is 2.42. The average Bonchev–Trinajstić information content (AvgIpc) is 3.58. The molecule has 0 spiro atoms. The molecule has 3 heteroatoms. The van der Waals surface area contributed by atoms with Gasteiger partial charge in [-0.3, -0.25) is 4.98 Å². The summed E-state index contributed by atoms with van der Waals surface area (Å²) in [7, 11) is 0. The molecular weight excluding hydrogens is 625 g/mol. The van der Waals surface area contributed by atoms with E-state index >= 15 is 0 Å². The number of thiophene rings is 1. The largest absolute Gasteiger partial charge is 0.310 e. The lowest BCUT2D eigenvalue weighted by molar-refractivity contribution is 1.29. The van der Waals surface area contributed by atoms with Gasteiger partial charge in [-0.1, -0.05) is 127 Å². The van der Waals surface area contributed by atoms with Crippen molar-refractivity contribution >= 4 is 80.9 Å². The summed E-state index contributed by atoms with van der Waals surface area (Å²) < 4.78 is 2.51. The number of nitrogens with zero attached hydrogens (tertiary/aromatic N) is 2. The summed E-state index contributed by atoms with van der Waals surface area (Å²) in [6.07, 6.45) is 3.86. The van der Waals surface area contributed by atoms with Gasteiger partial charge >= 0.3 is 0 Å². The maximum absolute atomic E-state index is 4.37. The number of hydrogen-bond acceptors (Lipinski definition) is 3. The molecule has 8 aromatic carbocycles. The number of rotatable bonds is 5. The SMILES string of the molecule is c1ccc(-c2ccc(N(c3ccc(-c4cccc5c4sc4cnccc45)cc3)c3ccc4c(ccc5c6ccccc6ccc45)c3)cc2)cc1. The fraction of sp³-hybridized carbons (Fsp3) is 0. The number of pyridine rings is 1. The summed E-state index contributed by atoms with van der Waals surface area (Å²) in [6, 6.07) is 61.9. The third kappa shape index (κ3) is 4.74. The molecule has 0 aliphatic carbocycles. The predicted molar refractivity (Wildman–Crippen MR) is 215 cm³/mol. The van der Waals surface area contributed by atoms with Gasteiger partial charge in [0.2, 0.25) is 0 Å².